The summed E-state index contributed by atoms with van der Waals surface area (Å²) in [4.78, 5) is 12.7. The van der Waals surface area contributed by atoms with E-state index >= 15 is 0 Å². The van der Waals surface area contributed by atoms with E-state index in [0.29, 0.717) is 21.6 Å². The fraction of sp³-hybridized carbons (Fsp3) is 0.211. The number of para-hydroxylation sites is 2. The number of carbonyl (C=O) groups excluding carboxylic acids is 1. The highest BCUT2D eigenvalue weighted by molar-refractivity contribution is 7.92. The first-order valence-corrected chi connectivity index (χ1v) is 11.4. The molecule has 1 unspecified atom stereocenters. The summed E-state index contributed by atoms with van der Waals surface area (Å²) < 4.78 is 31.3. The van der Waals surface area contributed by atoms with Crippen molar-refractivity contribution in [2.24, 2.45) is 0 Å². The number of rotatable bonds is 4. The maximum Gasteiger partial charge on any atom is 0.269 e. The molecule has 1 N–H and O–H groups in total. The molecule has 2 heterocycles. The molecule has 29 heavy (non-hydrogen) atoms. The second-order valence-electron chi connectivity index (χ2n) is 6.64. The number of hydrogen-bond donors (Lipinski definition) is 1. The first-order chi connectivity index (χ1) is 13.8. The standard InChI is InChI=1S/C19H18N4O4S2/c1-12-7-9-13(10-8-12)18-21-22-19(28-18)20-17(24)16-11-23(29(2,25)26)14-5-3-4-6-15(14)27-16/h3-10,16H,11H2,1-2H3,(H,20,22,24). The van der Waals surface area contributed by atoms with E-state index in [1.54, 1.807) is 24.3 Å². The molecule has 3 aromatic rings. The molecular formula is C19H18N4O4S2. The minimum atomic E-state index is -3.57. The Morgan fingerprint density at radius 3 is 2.62 bits per heavy atom. The second kappa shape index (κ2) is 7.45. The molecule has 0 spiro atoms. The van der Waals surface area contributed by atoms with Gasteiger partial charge in [0.1, 0.15) is 10.8 Å². The van der Waals surface area contributed by atoms with Gasteiger partial charge in [-0.25, -0.2) is 8.42 Å². The number of fused-ring (bicyclic) bond motifs is 1. The molecule has 1 atom stereocenters. The Hall–Kier alpha value is -2.98. The first-order valence-electron chi connectivity index (χ1n) is 8.76. The third kappa shape index (κ3) is 4.08. The highest BCUT2D eigenvalue weighted by Crippen LogP contribution is 2.35. The molecule has 0 bridgehead atoms. The van der Waals surface area contributed by atoms with E-state index in [-0.39, 0.29) is 6.54 Å². The summed E-state index contributed by atoms with van der Waals surface area (Å²) in [6.45, 7) is 1.88. The van der Waals surface area contributed by atoms with Crippen molar-refractivity contribution >= 4 is 38.1 Å². The van der Waals surface area contributed by atoms with Crippen molar-refractivity contribution in [3.63, 3.8) is 0 Å². The summed E-state index contributed by atoms with van der Waals surface area (Å²) in [6.07, 6.45) is 0.0919. The quantitative estimate of drug-likeness (QED) is 0.683. The molecular weight excluding hydrogens is 412 g/mol. The van der Waals surface area contributed by atoms with Gasteiger partial charge in [0.25, 0.3) is 5.91 Å². The number of amides is 1. The van der Waals surface area contributed by atoms with Crippen LogP contribution in [0.15, 0.2) is 48.5 Å². The van der Waals surface area contributed by atoms with Crippen LogP contribution in [0.25, 0.3) is 10.6 Å². The predicted molar refractivity (Wildman–Crippen MR) is 112 cm³/mol. The Balaban J connectivity index is 1.53. The number of ether oxygens (including phenoxy) is 1. The van der Waals surface area contributed by atoms with E-state index < -0.39 is 22.0 Å². The molecule has 4 rings (SSSR count). The third-order valence-corrected chi connectivity index (χ3v) is 6.42. The lowest BCUT2D eigenvalue weighted by atomic mass is 10.2. The fourth-order valence-corrected chi connectivity index (χ4v) is 4.59. The molecule has 0 aliphatic carbocycles. The molecule has 150 valence electrons. The summed E-state index contributed by atoms with van der Waals surface area (Å²) >= 11 is 1.23. The van der Waals surface area contributed by atoms with Gasteiger partial charge >= 0.3 is 0 Å². The zero-order chi connectivity index (χ0) is 20.6. The van der Waals surface area contributed by atoms with Gasteiger partial charge in [-0.3, -0.25) is 14.4 Å². The molecule has 8 nitrogen and oxygen atoms in total. The van der Waals surface area contributed by atoms with Crippen LogP contribution in [0.1, 0.15) is 5.56 Å². The third-order valence-electron chi connectivity index (χ3n) is 4.38. The van der Waals surface area contributed by atoms with Crippen molar-refractivity contribution in [1.82, 2.24) is 10.2 Å². The van der Waals surface area contributed by atoms with Crippen LogP contribution in [0, 0.1) is 6.92 Å². The topological polar surface area (TPSA) is 101 Å². The van der Waals surface area contributed by atoms with Gasteiger partial charge in [0, 0.05) is 5.56 Å². The molecule has 0 radical (unpaired) electrons. The number of aromatic nitrogens is 2. The largest absolute Gasteiger partial charge is 0.476 e. The van der Waals surface area contributed by atoms with Gasteiger partial charge in [-0.2, -0.15) is 0 Å². The summed E-state index contributed by atoms with van der Waals surface area (Å²) in [6, 6.07) is 14.5. The SMILES string of the molecule is Cc1ccc(-c2nnc(NC(=O)C3CN(S(C)(=O)=O)c4ccccc4O3)s2)cc1. The Morgan fingerprint density at radius 1 is 1.17 bits per heavy atom. The lowest BCUT2D eigenvalue weighted by Crippen LogP contribution is -2.48. The zero-order valence-electron chi connectivity index (χ0n) is 15.7. The van der Waals surface area contributed by atoms with E-state index in [2.05, 4.69) is 15.5 Å². The number of benzene rings is 2. The molecule has 1 aliphatic heterocycles. The van der Waals surface area contributed by atoms with Gasteiger partial charge in [0.2, 0.25) is 15.2 Å². The van der Waals surface area contributed by atoms with Gasteiger partial charge in [0.05, 0.1) is 18.5 Å². The number of carbonyl (C=O) groups is 1. The van der Waals surface area contributed by atoms with Crippen molar-refractivity contribution in [1.29, 1.82) is 0 Å². The second-order valence-corrected chi connectivity index (χ2v) is 9.52. The van der Waals surface area contributed by atoms with Crippen LogP contribution < -0.4 is 14.4 Å². The number of aryl methyl sites for hydroxylation is 1. The Labute approximate surface area is 172 Å². The van der Waals surface area contributed by atoms with Crippen molar-refractivity contribution in [2.75, 3.05) is 22.4 Å². The minimum Gasteiger partial charge on any atom is -0.476 e. The van der Waals surface area contributed by atoms with E-state index in [4.69, 9.17) is 4.74 Å². The zero-order valence-corrected chi connectivity index (χ0v) is 17.3. The van der Waals surface area contributed by atoms with Crippen LogP contribution >= 0.6 is 11.3 Å². The molecule has 2 aromatic carbocycles. The van der Waals surface area contributed by atoms with E-state index in [1.165, 1.54) is 15.6 Å². The van der Waals surface area contributed by atoms with Crippen LogP contribution in [0.5, 0.6) is 5.75 Å². The van der Waals surface area contributed by atoms with Gasteiger partial charge < -0.3 is 4.74 Å². The van der Waals surface area contributed by atoms with E-state index in [1.807, 2.05) is 31.2 Å². The van der Waals surface area contributed by atoms with Gasteiger partial charge in [-0.05, 0) is 19.1 Å². The molecule has 1 aromatic heterocycles. The van der Waals surface area contributed by atoms with Crippen LogP contribution in [0.2, 0.25) is 0 Å². The van der Waals surface area contributed by atoms with Crippen LogP contribution in [0.3, 0.4) is 0 Å². The van der Waals surface area contributed by atoms with Crippen molar-refractivity contribution < 1.29 is 17.9 Å². The highest BCUT2D eigenvalue weighted by atomic mass is 32.2. The normalized spacial score (nSPS) is 16.1. The number of nitrogens with zero attached hydrogens (tertiary/aromatic N) is 3. The van der Waals surface area contributed by atoms with Crippen molar-refractivity contribution in [3.8, 4) is 16.3 Å². The average molecular weight is 431 g/mol. The van der Waals surface area contributed by atoms with Crippen LogP contribution in [0.4, 0.5) is 10.8 Å². The van der Waals surface area contributed by atoms with Gasteiger partial charge in [-0.1, -0.05) is 53.3 Å². The maximum absolute atomic E-state index is 12.7. The molecule has 0 saturated carbocycles. The highest BCUT2D eigenvalue weighted by Gasteiger charge is 2.35. The predicted octanol–water partition coefficient (Wildman–Crippen LogP) is 2.68. The number of anilines is 2. The van der Waals surface area contributed by atoms with Crippen molar-refractivity contribution in [2.45, 2.75) is 13.0 Å². The average Bonchev–Trinajstić information content (AvgIpc) is 3.15. The van der Waals surface area contributed by atoms with Gasteiger partial charge in [0.15, 0.2) is 6.10 Å². The summed E-state index contributed by atoms with van der Waals surface area (Å²) in [5, 5.41) is 11.8. The summed E-state index contributed by atoms with van der Waals surface area (Å²) in [7, 11) is -3.57. The number of sulfonamides is 1. The van der Waals surface area contributed by atoms with Gasteiger partial charge in [-0.15, -0.1) is 10.2 Å². The first kappa shape index (κ1) is 19.3. The summed E-state index contributed by atoms with van der Waals surface area (Å²) in [5.74, 6) is -0.151. The van der Waals surface area contributed by atoms with E-state index in [9.17, 15) is 13.2 Å². The monoisotopic (exact) mass is 430 g/mol. The number of hydrogen-bond acceptors (Lipinski definition) is 7. The fourth-order valence-electron chi connectivity index (χ4n) is 2.93. The number of nitrogens with one attached hydrogen (secondary N) is 1. The van der Waals surface area contributed by atoms with Crippen LogP contribution in [-0.2, 0) is 14.8 Å². The Morgan fingerprint density at radius 2 is 1.90 bits per heavy atom. The lowest BCUT2D eigenvalue weighted by Gasteiger charge is -2.33. The molecule has 0 fully saturated rings. The Bertz CT molecular complexity index is 1160. The van der Waals surface area contributed by atoms with Crippen LogP contribution in [-0.4, -0.2) is 43.4 Å². The smallest absolute Gasteiger partial charge is 0.269 e. The molecule has 1 aliphatic rings. The lowest BCUT2D eigenvalue weighted by molar-refractivity contribution is -0.122. The minimum absolute atomic E-state index is 0.120. The van der Waals surface area contributed by atoms with Crippen molar-refractivity contribution in [3.05, 3.63) is 54.1 Å². The molecule has 1 amide bonds. The maximum atomic E-state index is 12.7. The van der Waals surface area contributed by atoms with E-state index in [0.717, 1.165) is 17.4 Å². The molecule has 0 saturated heterocycles. The molecule has 10 heteroatoms. The Kier molecular flexibility index (Phi) is 4.97. The summed E-state index contributed by atoms with van der Waals surface area (Å²) in [5.41, 5.74) is 2.45.